The summed E-state index contributed by atoms with van der Waals surface area (Å²) >= 11 is 0. The minimum absolute atomic E-state index is 0.526. The van der Waals surface area contributed by atoms with E-state index in [2.05, 4.69) is 221 Å². The van der Waals surface area contributed by atoms with Crippen LogP contribution in [0.4, 0.5) is 0 Å². The molecule has 0 N–H and O–H groups in total. The number of para-hydroxylation sites is 3. The minimum Gasteiger partial charge on any atom is -0.455 e. The van der Waals surface area contributed by atoms with Crippen LogP contribution in [-0.4, -0.2) is 24.1 Å². The van der Waals surface area contributed by atoms with Gasteiger partial charge in [0.1, 0.15) is 11.2 Å². The second-order valence-corrected chi connectivity index (χ2v) is 18.0. The van der Waals surface area contributed by atoms with Crippen LogP contribution in [0.1, 0.15) is 0 Å². The molecule has 0 saturated carbocycles. The molecule has 0 atom stereocenters. The summed E-state index contributed by atoms with van der Waals surface area (Å²) in [6, 6.07) is 79.8. The Bertz CT molecular complexity index is 4560. The lowest BCUT2D eigenvalue weighted by Crippen LogP contribution is -2.06. The summed E-state index contributed by atoms with van der Waals surface area (Å²) in [4.78, 5) is 16.1. The largest absolute Gasteiger partial charge is 0.455 e. The quantitative estimate of drug-likeness (QED) is 0.173. The molecule has 0 unspecified atom stereocenters. The van der Waals surface area contributed by atoms with Crippen LogP contribution in [0, 0.1) is 0 Å². The third kappa shape index (κ3) is 5.69. The van der Waals surface area contributed by atoms with E-state index in [-0.39, 0.29) is 0 Å². The number of benzene rings is 11. The Balaban J connectivity index is 1.01. The number of aromatic nitrogens is 5. The number of hydrogen-bond acceptors (Lipinski definition) is 4. The van der Waals surface area contributed by atoms with Crippen LogP contribution in [0.2, 0.25) is 0 Å². The fourth-order valence-corrected chi connectivity index (χ4v) is 11.0. The molecule has 6 nitrogen and oxygen atoms in total. The van der Waals surface area contributed by atoms with Gasteiger partial charge in [-0.3, -0.25) is 4.57 Å². The van der Waals surface area contributed by atoms with Gasteiger partial charge in [-0.15, -0.1) is 0 Å². The van der Waals surface area contributed by atoms with Crippen molar-refractivity contribution in [3.05, 3.63) is 224 Å². The second kappa shape index (κ2) is 14.6. The first-order valence-electron chi connectivity index (χ1n) is 23.3. The summed E-state index contributed by atoms with van der Waals surface area (Å²) in [5, 5.41) is 13.8. The molecule has 0 saturated heterocycles. The van der Waals surface area contributed by atoms with Crippen LogP contribution in [-0.2, 0) is 0 Å². The minimum atomic E-state index is 0.526. The highest BCUT2D eigenvalue weighted by Gasteiger charge is 2.24. The lowest BCUT2D eigenvalue weighted by molar-refractivity contribution is 0.669. The summed E-state index contributed by atoms with van der Waals surface area (Å²) in [6.45, 7) is 0. The topological polar surface area (TPSA) is 61.7 Å². The molecule has 0 aliphatic heterocycles. The highest BCUT2D eigenvalue weighted by molar-refractivity contribution is 6.25. The summed E-state index contributed by atoms with van der Waals surface area (Å²) < 4.78 is 11.6. The van der Waals surface area contributed by atoms with E-state index in [0.717, 1.165) is 93.5 Å². The molecule has 11 aromatic carbocycles. The average Bonchev–Trinajstić information content (AvgIpc) is 4.08. The highest BCUT2D eigenvalue weighted by atomic mass is 16.3. The van der Waals surface area contributed by atoms with E-state index in [9.17, 15) is 0 Å². The monoisotopic (exact) mass is 879 g/mol. The number of hydrogen-bond donors (Lipinski definition) is 0. The van der Waals surface area contributed by atoms with Gasteiger partial charge in [0, 0.05) is 43.6 Å². The predicted molar refractivity (Wildman–Crippen MR) is 285 cm³/mol. The van der Waals surface area contributed by atoms with Gasteiger partial charge in [-0.05, 0) is 104 Å². The summed E-state index contributed by atoms with van der Waals surface area (Å²) in [5.41, 5.74) is 10.8. The Morgan fingerprint density at radius 1 is 0.319 bits per heavy atom. The summed E-state index contributed by atoms with van der Waals surface area (Å²) in [6.07, 6.45) is 0. The van der Waals surface area contributed by atoms with Gasteiger partial charge < -0.3 is 8.98 Å². The first-order valence-corrected chi connectivity index (χ1v) is 23.3. The molecule has 15 rings (SSSR count). The van der Waals surface area contributed by atoms with Crippen molar-refractivity contribution in [1.29, 1.82) is 0 Å². The van der Waals surface area contributed by atoms with Crippen molar-refractivity contribution in [2.45, 2.75) is 0 Å². The molecule has 0 amide bonds. The fourth-order valence-electron chi connectivity index (χ4n) is 11.0. The number of rotatable bonds is 5. The lowest BCUT2D eigenvalue weighted by Gasteiger charge is -2.14. The third-order valence-corrected chi connectivity index (χ3v) is 14.1. The smallest absolute Gasteiger partial charge is 0.238 e. The van der Waals surface area contributed by atoms with Gasteiger partial charge in [0.2, 0.25) is 5.95 Å². The maximum absolute atomic E-state index is 6.99. The van der Waals surface area contributed by atoms with Crippen molar-refractivity contribution in [2.75, 3.05) is 0 Å². The number of nitrogens with zero attached hydrogens (tertiary/aromatic N) is 5. The van der Waals surface area contributed by atoms with E-state index in [4.69, 9.17) is 19.4 Å². The maximum Gasteiger partial charge on any atom is 0.238 e. The molecule has 0 radical (unpaired) electrons. The van der Waals surface area contributed by atoms with Crippen molar-refractivity contribution in [2.24, 2.45) is 0 Å². The fraction of sp³-hybridized carbons (Fsp3) is 0. The van der Waals surface area contributed by atoms with E-state index in [1.807, 2.05) is 12.1 Å². The predicted octanol–water partition coefficient (Wildman–Crippen LogP) is 16.4. The standard InChI is InChI=1S/C63H37N5O/c1-2-15-38(16-3-1)40-20-14-21-44(33-40)61-64-62(66-63(65-61)68-53-26-11-8-23-47(53)48-24-9-12-27-54(48)68)52-35-43-29-31-45(37-50(43)59-49-25-10-13-28-57(49)69-60(52)59)67-55-32-30-39-17-6-7-22-46(39)58(55)51-34-41-18-4-5-19-42(41)36-56(51)67/h1-37H. The molecular formula is C63H37N5O. The molecule has 0 aliphatic rings. The Labute approximate surface area is 394 Å². The Hall–Kier alpha value is -9.39. The van der Waals surface area contributed by atoms with E-state index >= 15 is 0 Å². The first kappa shape index (κ1) is 37.8. The number of fused-ring (bicyclic) bond motifs is 14. The molecule has 0 fully saturated rings. The van der Waals surface area contributed by atoms with Crippen LogP contribution in [0.25, 0.3) is 143 Å². The molecule has 0 bridgehead atoms. The molecule has 4 aromatic heterocycles. The molecule has 0 spiro atoms. The molecule has 320 valence electrons. The van der Waals surface area contributed by atoms with Crippen LogP contribution in [0.3, 0.4) is 0 Å². The molecule has 15 aromatic rings. The SMILES string of the molecule is c1ccc(-c2cccc(-c3nc(-c4cc5ccc(-n6c7cc8ccccc8cc7c7c8ccccc8ccc76)cc5c5c4oc4ccccc45)nc(-n4c5ccccc5c5ccccc54)n3)c2)cc1. The lowest BCUT2D eigenvalue weighted by atomic mass is 9.99. The van der Waals surface area contributed by atoms with E-state index in [1.165, 1.54) is 32.3 Å². The van der Waals surface area contributed by atoms with Gasteiger partial charge in [-0.1, -0.05) is 164 Å². The zero-order valence-corrected chi connectivity index (χ0v) is 37.0. The molecule has 6 heteroatoms. The molecular weight excluding hydrogens is 843 g/mol. The van der Waals surface area contributed by atoms with Crippen molar-refractivity contribution in [3.8, 4) is 45.5 Å². The highest BCUT2D eigenvalue weighted by Crippen LogP contribution is 2.44. The molecule has 4 heterocycles. The van der Waals surface area contributed by atoms with Crippen molar-refractivity contribution in [1.82, 2.24) is 24.1 Å². The third-order valence-electron chi connectivity index (χ3n) is 14.1. The Morgan fingerprint density at radius 2 is 0.957 bits per heavy atom. The van der Waals surface area contributed by atoms with Crippen molar-refractivity contribution in [3.63, 3.8) is 0 Å². The second-order valence-electron chi connectivity index (χ2n) is 18.0. The van der Waals surface area contributed by atoms with E-state index < -0.39 is 0 Å². The van der Waals surface area contributed by atoms with Gasteiger partial charge in [0.05, 0.1) is 27.6 Å². The van der Waals surface area contributed by atoms with E-state index in [1.54, 1.807) is 0 Å². The first-order chi connectivity index (χ1) is 34.2. The summed E-state index contributed by atoms with van der Waals surface area (Å²) in [7, 11) is 0. The van der Waals surface area contributed by atoms with Gasteiger partial charge in [0.25, 0.3) is 0 Å². The maximum atomic E-state index is 6.99. The van der Waals surface area contributed by atoms with Crippen LogP contribution >= 0.6 is 0 Å². The average molecular weight is 880 g/mol. The van der Waals surface area contributed by atoms with Crippen LogP contribution in [0.5, 0.6) is 0 Å². The Morgan fingerprint density at radius 3 is 1.77 bits per heavy atom. The zero-order chi connectivity index (χ0) is 45.2. The van der Waals surface area contributed by atoms with E-state index in [0.29, 0.717) is 17.6 Å². The van der Waals surface area contributed by atoms with Gasteiger partial charge in [-0.25, -0.2) is 4.98 Å². The van der Waals surface area contributed by atoms with Crippen LogP contribution < -0.4 is 0 Å². The summed E-state index contributed by atoms with van der Waals surface area (Å²) in [5.74, 6) is 1.63. The van der Waals surface area contributed by atoms with Gasteiger partial charge in [-0.2, -0.15) is 9.97 Å². The zero-order valence-electron chi connectivity index (χ0n) is 37.0. The normalized spacial score (nSPS) is 12.1. The number of furan rings is 1. The van der Waals surface area contributed by atoms with Crippen LogP contribution in [0.15, 0.2) is 229 Å². The molecule has 69 heavy (non-hydrogen) atoms. The Kier molecular flexibility index (Phi) is 7.97. The van der Waals surface area contributed by atoms with Gasteiger partial charge >= 0.3 is 0 Å². The molecule has 0 aliphatic carbocycles. The van der Waals surface area contributed by atoms with Crippen molar-refractivity contribution >= 4 is 97.9 Å². The van der Waals surface area contributed by atoms with Crippen molar-refractivity contribution < 1.29 is 4.42 Å². The van der Waals surface area contributed by atoms with Gasteiger partial charge in [0.15, 0.2) is 11.6 Å².